The second-order valence-corrected chi connectivity index (χ2v) is 5.54. The van der Waals surface area contributed by atoms with E-state index in [0.717, 1.165) is 30.7 Å². The van der Waals surface area contributed by atoms with Gasteiger partial charge in [-0.3, -0.25) is 10.1 Å². The van der Waals surface area contributed by atoms with Crippen molar-refractivity contribution in [3.05, 3.63) is 29.8 Å². The van der Waals surface area contributed by atoms with E-state index in [-0.39, 0.29) is 5.91 Å². The molecule has 1 aliphatic rings. The maximum absolute atomic E-state index is 11.9. The SMILES string of the molecule is CCNC(=O)NC(=O)C[NH+](Cc1ccc(OC)cc1)C1CC1. The van der Waals surface area contributed by atoms with Crippen molar-refractivity contribution in [1.29, 1.82) is 0 Å². The monoisotopic (exact) mass is 306 g/mol. The summed E-state index contributed by atoms with van der Waals surface area (Å²) in [4.78, 5) is 24.5. The van der Waals surface area contributed by atoms with Crippen LogP contribution in [0.3, 0.4) is 0 Å². The third-order valence-corrected chi connectivity index (χ3v) is 3.72. The predicted molar refractivity (Wildman–Crippen MR) is 82.8 cm³/mol. The molecule has 0 aliphatic heterocycles. The summed E-state index contributed by atoms with van der Waals surface area (Å²) in [6.45, 7) is 3.41. The van der Waals surface area contributed by atoms with E-state index in [1.807, 2.05) is 31.2 Å². The van der Waals surface area contributed by atoms with Crippen molar-refractivity contribution >= 4 is 11.9 Å². The Labute approximate surface area is 130 Å². The molecule has 3 N–H and O–H groups in total. The molecule has 1 saturated carbocycles. The van der Waals surface area contributed by atoms with Gasteiger partial charge in [-0.05, 0) is 31.2 Å². The number of ether oxygens (including phenoxy) is 1. The topological polar surface area (TPSA) is 71.9 Å². The molecule has 1 unspecified atom stereocenters. The summed E-state index contributed by atoms with van der Waals surface area (Å²) in [6.07, 6.45) is 2.28. The Hall–Kier alpha value is -2.08. The number of rotatable bonds is 7. The van der Waals surface area contributed by atoms with Crippen molar-refractivity contribution in [2.45, 2.75) is 32.4 Å². The highest BCUT2D eigenvalue weighted by molar-refractivity contribution is 5.94. The summed E-state index contributed by atoms with van der Waals surface area (Å²) < 4.78 is 5.15. The second-order valence-electron chi connectivity index (χ2n) is 5.54. The van der Waals surface area contributed by atoms with Crippen LogP contribution in [0.5, 0.6) is 5.75 Å². The Balaban J connectivity index is 1.89. The van der Waals surface area contributed by atoms with Gasteiger partial charge in [0.05, 0.1) is 13.2 Å². The van der Waals surface area contributed by atoms with Crippen molar-refractivity contribution in [2.24, 2.45) is 0 Å². The molecule has 1 fully saturated rings. The molecular weight excluding hydrogens is 282 g/mol. The summed E-state index contributed by atoms with van der Waals surface area (Å²) in [5, 5.41) is 4.93. The van der Waals surface area contributed by atoms with Gasteiger partial charge in [-0.15, -0.1) is 0 Å². The fraction of sp³-hybridized carbons (Fsp3) is 0.500. The molecule has 6 nitrogen and oxygen atoms in total. The van der Waals surface area contributed by atoms with E-state index < -0.39 is 6.03 Å². The average molecular weight is 306 g/mol. The Morgan fingerprint density at radius 1 is 1.27 bits per heavy atom. The van der Waals surface area contributed by atoms with Gasteiger partial charge in [0, 0.05) is 24.9 Å². The third-order valence-electron chi connectivity index (χ3n) is 3.72. The molecule has 0 saturated heterocycles. The second kappa shape index (κ2) is 7.79. The third kappa shape index (κ3) is 5.04. The van der Waals surface area contributed by atoms with Gasteiger partial charge in [0.25, 0.3) is 5.91 Å². The molecule has 6 heteroatoms. The number of carbonyl (C=O) groups excluding carboxylic acids is 2. The first-order chi connectivity index (χ1) is 10.6. The smallest absolute Gasteiger partial charge is 0.321 e. The van der Waals surface area contributed by atoms with Crippen LogP contribution >= 0.6 is 0 Å². The number of quaternary nitrogens is 1. The summed E-state index contributed by atoms with van der Waals surface area (Å²) in [5.41, 5.74) is 1.16. The summed E-state index contributed by atoms with van der Waals surface area (Å²) in [7, 11) is 1.64. The van der Waals surface area contributed by atoms with Crippen molar-refractivity contribution in [1.82, 2.24) is 10.6 Å². The van der Waals surface area contributed by atoms with Gasteiger partial charge >= 0.3 is 6.03 Å². The molecule has 0 bridgehead atoms. The maximum atomic E-state index is 11.9. The highest BCUT2D eigenvalue weighted by Gasteiger charge is 2.34. The normalized spacial score (nSPS) is 15.0. The number of nitrogens with one attached hydrogen (secondary N) is 3. The van der Waals surface area contributed by atoms with Crippen LogP contribution in [0.2, 0.25) is 0 Å². The van der Waals surface area contributed by atoms with Crippen LogP contribution in [0.25, 0.3) is 0 Å². The van der Waals surface area contributed by atoms with E-state index in [0.29, 0.717) is 19.1 Å². The molecule has 0 radical (unpaired) electrons. The van der Waals surface area contributed by atoms with Crippen LogP contribution in [0.4, 0.5) is 4.79 Å². The molecule has 1 atom stereocenters. The summed E-state index contributed by atoms with van der Waals surface area (Å²) >= 11 is 0. The predicted octanol–water partition coefficient (Wildman–Crippen LogP) is 0.0882. The lowest BCUT2D eigenvalue weighted by Gasteiger charge is -2.18. The van der Waals surface area contributed by atoms with E-state index in [1.165, 1.54) is 4.90 Å². The van der Waals surface area contributed by atoms with Gasteiger partial charge in [0.2, 0.25) is 0 Å². The van der Waals surface area contributed by atoms with E-state index >= 15 is 0 Å². The van der Waals surface area contributed by atoms with Gasteiger partial charge in [-0.25, -0.2) is 4.79 Å². The van der Waals surface area contributed by atoms with Crippen LogP contribution in [0, 0.1) is 0 Å². The minimum Gasteiger partial charge on any atom is -0.497 e. The van der Waals surface area contributed by atoms with E-state index in [2.05, 4.69) is 10.6 Å². The number of amides is 3. The van der Waals surface area contributed by atoms with Crippen LogP contribution < -0.4 is 20.3 Å². The number of methoxy groups -OCH3 is 1. The number of benzene rings is 1. The highest BCUT2D eigenvalue weighted by Crippen LogP contribution is 2.16. The van der Waals surface area contributed by atoms with Crippen molar-refractivity contribution in [3.63, 3.8) is 0 Å². The first-order valence-electron chi connectivity index (χ1n) is 7.67. The molecular formula is C16H24N3O3+. The van der Waals surface area contributed by atoms with Gasteiger partial charge in [0.15, 0.2) is 6.54 Å². The van der Waals surface area contributed by atoms with Crippen LogP contribution in [0.15, 0.2) is 24.3 Å². The minimum atomic E-state index is -0.424. The lowest BCUT2D eigenvalue weighted by Crippen LogP contribution is -3.13. The molecule has 0 heterocycles. The lowest BCUT2D eigenvalue weighted by molar-refractivity contribution is -0.917. The first kappa shape index (κ1) is 16.3. The summed E-state index contributed by atoms with van der Waals surface area (Å²) in [6, 6.07) is 7.98. The van der Waals surface area contributed by atoms with Crippen LogP contribution in [-0.2, 0) is 11.3 Å². The average Bonchev–Trinajstić information content (AvgIpc) is 3.32. The Morgan fingerprint density at radius 2 is 1.95 bits per heavy atom. The quantitative estimate of drug-likeness (QED) is 0.668. The highest BCUT2D eigenvalue weighted by atomic mass is 16.5. The molecule has 0 spiro atoms. The maximum Gasteiger partial charge on any atom is 0.321 e. The Bertz CT molecular complexity index is 512. The van der Waals surface area contributed by atoms with E-state index in [1.54, 1.807) is 7.11 Å². The van der Waals surface area contributed by atoms with Gasteiger partial charge in [0.1, 0.15) is 12.3 Å². The van der Waals surface area contributed by atoms with E-state index in [9.17, 15) is 9.59 Å². The fourth-order valence-corrected chi connectivity index (χ4v) is 2.43. The molecule has 22 heavy (non-hydrogen) atoms. The van der Waals surface area contributed by atoms with Gasteiger partial charge in [-0.1, -0.05) is 0 Å². The molecule has 3 amide bonds. The Kier molecular flexibility index (Phi) is 5.77. The standard InChI is InChI=1S/C16H23N3O3/c1-3-17-16(21)18-15(20)11-19(13-6-7-13)10-12-4-8-14(22-2)9-5-12/h4-5,8-9,13H,3,6-7,10-11H2,1-2H3,(H2,17,18,20,21)/p+1. The van der Waals surface area contributed by atoms with Crippen molar-refractivity contribution in [2.75, 3.05) is 20.2 Å². The first-order valence-corrected chi connectivity index (χ1v) is 7.67. The molecule has 120 valence electrons. The number of imide groups is 1. The summed E-state index contributed by atoms with van der Waals surface area (Å²) in [5.74, 6) is 0.590. The molecule has 1 aromatic carbocycles. The van der Waals surface area contributed by atoms with Crippen LogP contribution in [0.1, 0.15) is 25.3 Å². The zero-order chi connectivity index (χ0) is 15.9. The zero-order valence-electron chi connectivity index (χ0n) is 13.1. The fourth-order valence-electron chi connectivity index (χ4n) is 2.43. The lowest BCUT2D eigenvalue weighted by atomic mass is 10.2. The number of hydrogen-bond acceptors (Lipinski definition) is 3. The molecule has 1 aliphatic carbocycles. The Morgan fingerprint density at radius 3 is 2.50 bits per heavy atom. The van der Waals surface area contributed by atoms with Gasteiger partial charge in [-0.2, -0.15) is 0 Å². The molecule has 2 rings (SSSR count). The molecule has 1 aromatic rings. The largest absolute Gasteiger partial charge is 0.497 e. The number of carbonyl (C=O) groups is 2. The molecule has 0 aromatic heterocycles. The van der Waals surface area contributed by atoms with E-state index in [4.69, 9.17) is 4.74 Å². The minimum absolute atomic E-state index is 0.235. The number of urea groups is 1. The van der Waals surface area contributed by atoms with Crippen molar-refractivity contribution in [3.8, 4) is 5.75 Å². The number of hydrogen-bond donors (Lipinski definition) is 3. The van der Waals surface area contributed by atoms with Crippen molar-refractivity contribution < 1.29 is 19.2 Å². The zero-order valence-corrected chi connectivity index (χ0v) is 13.1. The van der Waals surface area contributed by atoms with Crippen LogP contribution in [-0.4, -0.2) is 38.2 Å². The van der Waals surface area contributed by atoms with Gasteiger partial charge < -0.3 is 15.0 Å².